The molecule has 0 aliphatic rings. The Bertz CT molecular complexity index is 299. The van der Waals surface area contributed by atoms with E-state index in [0.29, 0.717) is 6.29 Å². The number of hydrogen-bond acceptors (Lipinski definition) is 1. The Balaban J connectivity index is 3.13. The number of hydrogen-bond donors (Lipinski definition) is 0. The van der Waals surface area contributed by atoms with E-state index in [9.17, 15) is 13.6 Å². The number of benzene rings is 1. The molecule has 1 nitrogen and oxygen atoms in total. The van der Waals surface area contributed by atoms with Crippen molar-refractivity contribution in [2.45, 2.75) is 6.43 Å². The fourth-order valence-electron chi connectivity index (χ4n) is 0.788. The lowest BCUT2D eigenvalue weighted by Gasteiger charge is -2.00. The van der Waals surface area contributed by atoms with Crippen LogP contribution in [0.15, 0.2) is 18.2 Å². The average molecular weight is 191 g/mol. The zero-order chi connectivity index (χ0) is 9.14. The van der Waals surface area contributed by atoms with Crippen molar-refractivity contribution in [3.05, 3.63) is 34.3 Å². The maximum absolute atomic E-state index is 12.1. The van der Waals surface area contributed by atoms with Crippen LogP contribution in [-0.2, 0) is 0 Å². The third kappa shape index (κ3) is 1.80. The number of aldehydes is 1. The van der Waals surface area contributed by atoms with Crippen molar-refractivity contribution in [1.29, 1.82) is 0 Å². The van der Waals surface area contributed by atoms with E-state index >= 15 is 0 Å². The van der Waals surface area contributed by atoms with Crippen molar-refractivity contribution < 1.29 is 13.6 Å². The highest BCUT2D eigenvalue weighted by molar-refractivity contribution is 6.32. The first-order chi connectivity index (χ1) is 5.65. The number of alkyl halides is 2. The molecular formula is C8H5ClF2O. The molecular weight excluding hydrogens is 186 g/mol. The molecule has 0 fully saturated rings. The molecule has 64 valence electrons. The first kappa shape index (κ1) is 9.13. The van der Waals surface area contributed by atoms with Gasteiger partial charge in [-0.15, -0.1) is 0 Å². The Labute approximate surface area is 73.0 Å². The first-order valence-electron chi connectivity index (χ1n) is 3.18. The van der Waals surface area contributed by atoms with Crippen LogP contribution in [0.3, 0.4) is 0 Å². The molecule has 1 aromatic rings. The lowest BCUT2D eigenvalue weighted by Crippen LogP contribution is -1.88. The van der Waals surface area contributed by atoms with Crippen LogP contribution in [0.5, 0.6) is 0 Å². The quantitative estimate of drug-likeness (QED) is 0.655. The molecule has 0 saturated heterocycles. The SMILES string of the molecule is O=Cc1cc(C(F)F)ccc1Cl. The predicted molar refractivity (Wildman–Crippen MR) is 41.8 cm³/mol. The van der Waals surface area contributed by atoms with Gasteiger partial charge in [-0.3, -0.25) is 4.79 Å². The van der Waals surface area contributed by atoms with Crippen molar-refractivity contribution in [3.63, 3.8) is 0 Å². The molecule has 0 aliphatic heterocycles. The second-order valence-corrected chi connectivity index (χ2v) is 2.61. The molecule has 0 aromatic heterocycles. The summed E-state index contributed by atoms with van der Waals surface area (Å²) in [5.41, 5.74) is -0.101. The van der Waals surface area contributed by atoms with E-state index in [1.165, 1.54) is 12.1 Å². The van der Waals surface area contributed by atoms with E-state index in [1.807, 2.05) is 0 Å². The third-order valence-corrected chi connectivity index (χ3v) is 1.74. The minimum Gasteiger partial charge on any atom is -0.298 e. The molecule has 0 atom stereocenters. The highest BCUT2D eigenvalue weighted by Crippen LogP contribution is 2.23. The van der Waals surface area contributed by atoms with Gasteiger partial charge < -0.3 is 0 Å². The van der Waals surface area contributed by atoms with Crippen LogP contribution in [0, 0.1) is 0 Å². The maximum atomic E-state index is 12.1. The third-order valence-electron chi connectivity index (χ3n) is 1.40. The van der Waals surface area contributed by atoms with Crippen molar-refractivity contribution in [1.82, 2.24) is 0 Å². The lowest BCUT2D eigenvalue weighted by atomic mass is 10.1. The molecule has 0 bridgehead atoms. The van der Waals surface area contributed by atoms with E-state index in [2.05, 4.69) is 0 Å². The normalized spacial score (nSPS) is 10.3. The molecule has 0 heterocycles. The predicted octanol–water partition coefficient (Wildman–Crippen LogP) is 3.09. The number of halogens is 3. The van der Waals surface area contributed by atoms with Crippen LogP contribution < -0.4 is 0 Å². The van der Waals surface area contributed by atoms with E-state index in [4.69, 9.17) is 11.6 Å². The Morgan fingerprint density at radius 3 is 2.58 bits per heavy atom. The summed E-state index contributed by atoms with van der Waals surface area (Å²) in [7, 11) is 0. The molecule has 0 radical (unpaired) electrons. The summed E-state index contributed by atoms with van der Waals surface area (Å²) in [6.07, 6.45) is -2.12. The van der Waals surface area contributed by atoms with Gasteiger partial charge in [0.1, 0.15) is 0 Å². The molecule has 0 unspecified atom stereocenters. The first-order valence-corrected chi connectivity index (χ1v) is 3.55. The molecule has 0 saturated carbocycles. The van der Waals surface area contributed by atoms with Crippen LogP contribution in [0.25, 0.3) is 0 Å². The summed E-state index contributed by atoms with van der Waals surface area (Å²) >= 11 is 5.52. The topological polar surface area (TPSA) is 17.1 Å². The smallest absolute Gasteiger partial charge is 0.263 e. The van der Waals surface area contributed by atoms with Crippen LogP contribution in [0.4, 0.5) is 8.78 Å². The van der Waals surface area contributed by atoms with Gasteiger partial charge in [-0.25, -0.2) is 8.78 Å². The van der Waals surface area contributed by atoms with Gasteiger partial charge in [-0.2, -0.15) is 0 Å². The molecule has 0 amide bonds. The summed E-state index contributed by atoms with van der Waals surface area (Å²) in [6, 6.07) is 3.56. The molecule has 0 spiro atoms. The minimum absolute atomic E-state index is 0.0921. The summed E-state index contributed by atoms with van der Waals surface area (Å²) in [6.45, 7) is 0. The monoisotopic (exact) mass is 190 g/mol. The molecule has 1 aromatic carbocycles. The molecule has 0 N–H and O–H groups in total. The fourth-order valence-corrected chi connectivity index (χ4v) is 0.950. The van der Waals surface area contributed by atoms with Gasteiger partial charge in [-0.05, 0) is 12.1 Å². The minimum atomic E-state index is -2.57. The zero-order valence-corrected chi connectivity index (χ0v) is 6.68. The van der Waals surface area contributed by atoms with Crippen LogP contribution >= 0.6 is 11.6 Å². The second-order valence-electron chi connectivity index (χ2n) is 2.20. The average Bonchev–Trinajstić information content (AvgIpc) is 2.05. The standard InChI is InChI=1S/C8H5ClF2O/c9-7-2-1-5(8(10)11)3-6(7)4-12/h1-4,8H. The van der Waals surface area contributed by atoms with Gasteiger partial charge in [-0.1, -0.05) is 17.7 Å². The lowest BCUT2D eigenvalue weighted by molar-refractivity contribution is 0.112. The highest BCUT2D eigenvalue weighted by Gasteiger charge is 2.08. The van der Waals surface area contributed by atoms with Gasteiger partial charge in [0.15, 0.2) is 6.29 Å². The maximum Gasteiger partial charge on any atom is 0.263 e. The Morgan fingerprint density at radius 2 is 2.08 bits per heavy atom. The van der Waals surface area contributed by atoms with Crippen LogP contribution in [0.1, 0.15) is 22.3 Å². The summed E-state index contributed by atoms with van der Waals surface area (Å²) in [5.74, 6) is 0. The Kier molecular flexibility index (Phi) is 2.76. The number of rotatable bonds is 2. The van der Waals surface area contributed by atoms with Gasteiger partial charge in [0.25, 0.3) is 6.43 Å². The van der Waals surface area contributed by atoms with Crippen LogP contribution in [-0.4, -0.2) is 6.29 Å². The van der Waals surface area contributed by atoms with E-state index in [-0.39, 0.29) is 16.1 Å². The Morgan fingerprint density at radius 1 is 1.42 bits per heavy atom. The van der Waals surface area contributed by atoms with Crippen molar-refractivity contribution >= 4 is 17.9 Å². The van der Waals surface area contributed by atoms with Crippen LogP contribution in [0.2, 0.25) is 5.02 Å². The number of carbonyl (C=O) groups excluding carboxylic acids is 1. The van der Waals surface area contributed by atoms with E-state index < -0.39 is 6.43 Å². The molecule has 1 rings (SSSR count). The molecule has 12 heavy (non-hydrogen) atoms. The second kappa shape index (κ2) is 3.63. The van der Waals surface area contributed by atoms with Gasteiger partial charge in [0.2, 0.25) is 0 Å². The van der Waals surface area contributed by atoms with Crippen molar-refractivity contribution in [3.8, 4) is 0 Å². The van der Waals surface area contributed by atoms with Gasteiger partial charge in [0, 0.05) is 11.1 Å². The van der Waals surface area contributed by atoms with Gasteiger partial charge >= 0.3 is 0 Å². The fraction of sp³-hybridized carbons (Fsp3) is 0.125. The summed E-state index contributed by atoms with van der Waals surface area (Å²) < 4.78 is 24.1. The van der Waals surface area contributed by atoms with E-state index in [1.54, 1.807) is 0 Å². The summed E-state index contributed by atoms with van der Waals surface area (Å²) in [5, 5.41) is 0.189. The summed E-state index contributed by atoms with van der Waals surface area (Å²) in [4.78, 5) is 10.3. The van der Waals surface area contributed by atoms with Gasteiger partial charge in [0.05, 0.1) is 5.02 Å². The number of carbonyl (C=O) groups is 1. The van der Waals surface area contributed by atoms with Crippen molar-refractivity contribution in [2.24, 2.45) is 0 Å². The van der Waals surface area contributed by atoms with Crippen molar-refractivity contribution in [2.75, 3.05) is 0 Å². The zero-order valence-electron chi connectivity index (χ0n) is 5.93. The molecule has 4 heteroatoms. The van der Waals surface area contributed by atoms with E-state index in [0.717, 1.165) is 6.07 Å². The largest absolute Gasteiger partial charge is 0.298 e. The Hall–Kier alpha value is -0.960. The molecule has 0 aliphatic carbocycles. The highest BCUT2D eigenvalue weighted by atomic mass is 35.5.